The Morgan fingerprint density at radius 3 is 2.52 bits per heavy atom. The fourth-order valence-corrected chi connectivity index (χ4v) is 3.78. The molecule has 2 aromatic carbocycles. The molecule has 1 fully saturated rings. The lowest BCUT2D eigenvalue weighted by Gasteiger charge is -2.23. The predicted molar refractivity (Wildman–Crippen MR) is 102 cm³/mol. The van der Waals surface area contributed by atoms with Crippen LogP contribution in [0.4, 0.5) is 16.2 Å². The van der Waals surface area contributed by atoms with Gasteiger partial charge in [0, 0.05) is 24.5 Å². The molecule has 140 valence electrons. The summed E-state index contributed by atoms with van der Waals surface area (Å²) in [6, 6.07) is 12.5. The van der Waals surface area contributed by atoms with E-state index in [9.17, 15) is 9.59 Å². The van der Waals surface area contributed by atoms with Crippen LogP contribution in [0, 0.1) is 0 Å². The Balaban J connectivity index is 1.53. The highest BCUT2D eigenvalue weighted by atomic mass is 16.5. The van der Waals surface area contributed by atoms with Gasteiger partial charge in [-0.1, -0.05) is 0 Å². The summed E-state index contributed by atoms with van der Waals surface area (Å²) in [5.74, 6) is 1.36. The van der Waals surface area contributed by atoms with Gasteiger partial charge >= 0.3 is 6.03 Å². The fraction of sp³-hybridized carbons (Fsp3) is 0.300. The molecule has 2 aliphatic rings. The Morgan fingerprint density at radius 1 is 1.11 bits per heavy atom. The Hall–Kier alpha value is -3.22. The molecule has 0 aliphatic carbocycles. The zero-order valence-electron chi connectivity index (χ0n) is 15.2. The number of carbonyl (C=O) groups excluding carboxylic acids is 2. The molecule has 1 saturated heterocycles. The Bertz CT molecular complexity index is 897. The third kappa shape index (κ3) is 2.85. The van der Waals surface area contributed by atoms with E-state index in [0.29, 0.717) is 30.9 Å². The number of likely N-dealkylation sites (tertiary alicyclic amines) is 1. The molecule has 3 amide bonds. The van der Waals surface area contributed by atoms with E-state index in [0.717, 1.165) is 17.0 Å². The first-order chi connectivity index (χ1) is 13.1. The average Bonchev–Trinajstić information content (AvgIpc) is 3.26. The van der Waals surface area contributed by atoms with E-state index in [1.807, 2.05) is 18.2 Å². The van der Waals surface area contributed by atoms with Crippen LogP contribution in [-0.4, -0.2) is 44.1 Å². The first-order valence-corrected chi connectivity index (χ1v) is 8.76. The normalized spacial score (nSPS) is 20.4. The lowest BCUT2D eigenvalue weighted by molar-refractivity contribution is -0.120. The van der Waals surface area contributed by atoms with Gasteiger partial charge in [0.05, 0.1) is 19.6 Å². The fourth-order valence-electron chi connectivity index (χ4n) is 3.78. The Morgan fingerprint density at radius 2 is 1.81 bits per heavy atom. The maximum Gasteiger partial charge on any atom is 0.321 e. The van der Waals surface area contributed by atoms with Crippen molar-refractivity contribution in [2.45, 2.75) is 11.8 Å². The van der Waals surface area contributed by atoms with Crippen LogP contribution in [0.3, 0.4) is 0 Å². The molecule has 1 spiro atoms. The number of ether oxygens (including phenoxy) is 2. The SMILES string of the molecule is COc1ccc(NC(=O)N2CCC3(C2)C(=O)Nc2ccc(OC)cc23)cc1. The maximum absolute atomic E-state index is 12.7. The van der Waals surface area contributed by atoms with Crippen molar-refractivity contribution in [1.82, 2.24) is 4.90 Å². The third-order valence-electron chi connectivity index (χ3n) is 5.32. The summed E-state index contributed by atoms with van der Waals surface area (Å²) in [6.45, 7) is 0.840. The first-order valence-electron chi connectivity index (χ1n) is 8.76. The largest absolute Gasteiger partial charge is 0.497 e. The van der Waals surface area contributed by atoms with Gasteiger partial charge in [0.1, 0.15) is 11.5 Å². The van der Waals surface area contributed by atoms with Crippen molar-refractivity contribution in [2.75, 3.05) is 37.9 Å². The van der Waals surface area contributed by atoms with E-state index in [-0.39, 0.29) is 11.9 Å². The summed E-state index contributed by atoms with van der Waals surface area (Å²) >= 11 is 0. The molecule has 2 aliphatic heterocycles. The summed E-state index contributed by atoms with van der Waals surface area (Å²) < 4.78 is 10.4. The Kier molecular flexibility index (Phi) is 4.14. The zero-order valence-corrected chi connectivity index (χ0v) is 15.2. The van der Waals surface area contributed by atoms with Gasteiger partial charge in [-0.05, 0) is 54.4 Å². The molecule has 7 nitrogen and oxygen atoms in total. The second-order valence-corrected chi connectivity index (χ2v) is 6.78. The van der Waals surface area contributed by atoms with Gasteiger partial charge in [0.2, 0.25) is 5.91 Å². The van der Waals surface area contributed by atoms with Crippen LogP contribution >= 0.6 is 0 Å². The van der Waals surface area contributed by atoms with Crippen LogP contribution in [0.25, 0.3) is 0 Å². The number of methoxy groups -OCH3 is 2. The highest BCUT2D eigenvalue weighted by molar-refractivity contribution is 6.07. The van der Waals surface area contributed by atoms with Gasteiger partial charge < -0.3 is 25.0 Å². The van der Waals surface area contributed by atoms with Crippen molar-refractivity contribution >= 4 is 23.3 Å². The number of nitrogens with zero attached hydrogens (tertiary/aromatic N) is 1. The second-order valence-electron chi connectivity index (χ2n) is 6.78. The van der Waals surface area contributed by atoms with E-state index in [4.69, 9.17) is 9.47 Å². The minimum absolute atomic E-state index is 0.0644. The van der Waals surface area contributed by atoms with Crippen LogP contribution in [0.1, 0.15) is 12.0 Å². The van der Waals surface area contributed by atoms with E-state index in [1.165, 1.54) is 0 Å². The summed E-state index contributed by atoms with van der Waals surface area (Å²) in [4.78, 5) is 27.1. The second kappa shape index (κ2) is 6.50. The molecule has 4 rings (SSSR count). The van der Waals surface area contributed by atoms with Crippen LogP contribution in [0.2, 0.25) is 0 Å². The molecule has 2 heterocycles. The van der Waals surface area contributed by atoms with Gasteiger partial charge in [0.15, 0.2) is 0 Å². The number of amides is 3. The number of nitrogens with one attached hydrogen (secondary N) is 2. The molecule has 2 aromatic rings. The predicted octanol–water partition coefficient (Wildman–Crippen LogP) is 2.83. The smallest absolute Gasteiger partial charge is 0.321 e. The number of fused-ring (bicyclic) bond motifs is 2. The molecule has 27 heavy (non-hydrogen) atoms. The van der Waals surface area contributed by atoms with Crippen molar-refractivity contribution in [1.29, 1.82) is 0 Å². The van der Waals surface area contributed by atoms with Gasteiger partial charge in [-0.15, -0.1) is 0 Å². The van der Waals surface area contributed by atoms with Crippen molar-refractivity contribution in [3.63, 3.8) is 0 Å². The number of hydrogen-bond donors (Lipinski definition) is 2. The molecule has 0 radical (unpaired) electrons. The quantitative estimate of drug-likeness (QED) is 0.874. The molecule has 0 bridgehead atoms. The summed E-state index contributed by atoms with van der Waals surface area (Å²) in [5.41, 5.74) is 1.64. The van der Waals surface area contributed by atoms with Crippen LogP contribution in [0.5, 0.6) is 11.5 Å². The molecule has 1 atom stereocenters. The van der Waals surface area contributed by atoms with Crippen molar-refractivity contribution in [2.24, 2.45) is 0 Å². The lowest BCUT2D eigenvalue weighted by atomic mass is 9.81. The minimum atomic E-state index is -0.721. The molecule has 0 aromatic heterocycles. The third-order valence-corrected chi connectivity index (χ3v) is 5.32. The van der Waals surface area contributed by atoms with Gasteiger partial charge in [-0.3, -0.25) is 4.79 Å². The number of benzene rings is 2. The van der Waals surface area contributed by atoms with E-state index >= 15 is 0 Å². The van der Waals surface area contributed by atoms with Crippen LogP contribution in [0.15, 0.2) is 42.5 Å². The number of carbonyl (C=O) groups is 2. The molecular weight excluding hydrogens is 346 g/mol. The molecular formula is C20H21N3O4. The summed E-state index contributed by atoms with van der Waals surface area (Å²) in [6.07, 6.45) is 0.578. The van der Waals surface area contributed by atoms with Crippen LogP contribution in [-0.2, 0) is 10.2 Å². The Labute approximate surface area is 157 Å². The minimum Gasteiger partial charge on any atom is -0.497 e. The van der Waals surface area contributed by atoms with Gasteiger partial charge in [-0.25, -0.2) is 4.79 Å². The van der Waals surface area contributed by atoms with E-state index in [1.54, 1.807) is 43.4 Å². The molecule has 1 unspecified atom stereocenters. The molecule has 2 N–H and O–H groups in total. The topological polar surface area (TPSA) is 79.9 Å². The van der Waals surface area contributed by atoms with Crippen molar-refractivity contribution < 1.29 is 19.1 Å². The summed E-state index contributed by atoms with van der Waals surface area (Å²) in [5, 5.41) is 5.81. The number of anilines is 2. The number of rotatable bonds is 3. The lowest BCUT2D eigenvalue weighted by Crippen LogP contribution is -2.40. The number of urea groups is 1. The highest BCUT2D eigenvalue weighted by Crippen LogP contribution is 2.45. The maximum atomic E-state index is 12.7. The van der Waals surface area contributed by atoms with E-state index in [2.05, 4.69) is 10.6 Å². The monoisotopic (exact) mass is 367 g/mol. The zero-order chi connectivity index (χ0) is 19.0. The molecule has 7 heteroatoms. The van der Waals surface area contributed by atoms with Crippen molar-refractivity contribution in [3.05, 3.63) is 48.0 Å². The first kappa shape index (κ1) is 17.2. The van der Waals surface area contributed by atoms with E-state index < -0.39 is 5.41 Å². The van der Waals surface area contributed by atoms with Crippen molar-refractivity contribution in [3.8, 4) is 11.5 Å². The summed E-state index contributed by atoms with van der Waals surface area (Å²) in [7, 11) is 3.19. The standard InChI is InChI=1S/C20H21N3O4/c1-26-14-5-3-13(4-6-14)21-19(25)23-10-9-20(12-23)16-11-15(27-2)7-8-17(16)22-18(20)24/h3-8,11H,9-10,12H2,1-2H3,(H,21,25)(H,22,24). The van der Waals surface area contributed by atoms with Gasteiger partial charge in [0.25, 0.3) is 0 Å². The highest BCUT2D eigenvalue weighted by Gasteiger charge is 2.52. The average molecular weight is 367 g/mol. The molecule has 0 saturated carbocycles. The van der Waals surface area contributed by atoms with Crippen LogP contribution < -0.4 is 20.1 Å². The van der Waals surface area contributed by atoms with Gasteiger partial charge in [-0.2, -0.15) is 0 Å². The number of hydrogen-bond acceptors (Lipinski definition) is 4.